The Labute approximate surface area is 97.5 Å². The van der Waals surface area contributed by atoms with Crippen molar-refractivity contribution in [2.75, 3.05) is 30.3 Å². The molecule has 0 aliphatic carbocycles. The van der Waals surface area contributed by atoms with Crippen molar-refractivity contribution >= 4 is 27.7 Å². The predicted molar refractivity (Wildman–Crippen MR) is 64.1 cm³/mol. The molecule has 0 fully saturated rings. The molecule has 1 rings (SSSR count). The number of hydrogen-bond donors (Lipinski definition) is 3. The highest BCUT2D eigenvalue weighted by molar-refractivity contribution is 9.10. The zero-order chi connectivity index (χ0) is 11.1. The number of anilines is 2. The van der Waals surface area contributed by atoms with Gasteiger partial charge < -0.3 is 15.7 Å². The van der Waals surface area contributed by atoms with Crippen LogP contribution in [0.15, 0.2) is 10.7 Å². The number of aromatic nitrogens is 2. The largest absolute Gasteiger partial charge is 0.396 e. The predicted octanol–water partition coefficient (Wildman–Crippen LogP) is 1.47. The molecule has 0 unspecified atom stereocenters. The van der Waals surface area contributed by atoms with Gasteiger partial charge in [0.25, 0.3) is 0 Å². The first-order valence-corrected chi connectivity index (χ1v) is 5.68. The topological polar surface area (TPSA) is 70.1 Å². The van der Waals surface area contributed by atoms with Gasteiger partial charge in [0.1, 0.15) is 5.82 Å². The van der Waals surface area contributed by atoms with Crippen molar-refractivity contribution in [1.29, 1.82) is 0 Å². The van der Waals surface area contributed by atoms with Crippen LogP contribution in [-0.4, -0.2) is 34.8 Å². The number of rotatable bonds is 6. The van der Waals surface area contributed by atoms with Crippen LogP contribution in [0.5, 0.6) is 0 Å². The van der Waals surface area contributed by atoms with Gasteiger partial charge in [0.2, 0.25) is 5.95 Å². The van der Waals surface area contributed by atoms with E-state index in [0.29, 0.717) is 18.9 Å². The smallest absolute Gasteiger partial charge is 0.224 e. The van der Waals surface area contributed by atoms with Crippen molar-refractivity contribution < 1.29 is 5.11 Å². The minimum atomic E-state index is 0.176. The summed E-state index contributed by atoms with van der Waals surface area (Å²) in [6.45, 7) is 3.65. The maximum absolute atomic E-state index is 8.66. The van der Waals surface area contributed by atoms with Gasteiger partial charge in [0.15, 0.2) is 0 Å². The molecule has 1 aromatic heterocycles. The molecule has 6 heteroatoms. The van der Waals surface area contributed by atoms with Crippen molar-refractivity contribution in [3.8, 4) is 0 Å². The number of aliphatic hydroxyl groups is 1. The summed E-state index contributed by atoms with van der Waals surface area (Å²) >= 11 is 3.36. The average Bonchev–Trinajstić information content (AvgIpc) is 2.23. The van der Waals surface area contributed by atoms with Crippen LogP contribution >= 0.6 is 15.9 Å². The van der Waals surface area contributed by atoms with Crippen LogP contribution in [0.4, 0.5) is 11.8 Å². The van der Waals surface area contributed by atoms with Gasteiger partial charge in [-0.3, -0.25) is 0 Å². The molecule has 3 N–H and O–H groups in total. The first-order chi connectivity index (χ1) is 7.27. The highest BCUT2D eigenvalue weighted by Gasteiger charge is 2.03. The number of nitrogens with zero attached hydrogens (tertiary/aromatic N) is 2. The fraction of sp³-hybridized carbons (Fsp3) is 0.556. The van der Waals surface area contributed by atoms with Crippen LogP contribution in [0.2, 0.25) is 0 Å². The summed E-state index contributed by atoms with van der Waals surface area (Å²) in [6, 6.07) is 0. The molecular weight excluding hydrogens is 260 g/mol. The standard InChI is InChI=1S/C9H15BrN4O/c1-2-11-9-13-6-7(10)8(14-9)12-4-3-5-15/h6,15H,2-5H2,1H3,(H2,11,12,13,14). The molecule has 0 aliphatic rings. The van der Waals surface area contributed by atoms with Crippen molar-refractivity contribution in [3.05, 3.63) is 10.7 Å². The fourth-order valence-electron chi connectivity index (χ4n) is 1.02. The molecule has 0 bridgehead atoms. The first-order valence-electron chi connectivity index (χ1n) is 4.89. The molecule has 5 nitrogen and oxygen atoms in total. The molecule has 0 amide bonds. The maximum atomic E-state index is 8.66. The van der Waals surface area contributed by atoms with Crippen molar-refractivity contribution in [3.63, 3.8) is 0 Å². The molecule has 1 heterocycles. The molecule has 0 saturated carbocycles. The van der Waals surface area contributed by atoms with Crippen LogP contribution in [-0.2, 0) is 0 Å². The molecule has 0 aliphatic heterocycles. The lowest BCUT2D eigenvalue weighted by Crippen LogP contribution is -2.08. The SMILES string of the molecule is CCNc1ncc(Br)c(NCCCO)n1. The Morgan fingerprint density at radius 2 is 2.27 bits per heavy atom. The minimum Gasteiger partial charge on any atom is -0.396 e. The Morgan fingerprint density at radius 1 is 1.47 bits per heavy atom. The Bertz CT molecular complexity index is 308. The highest BCUT2D eigenvalue weighted by Crippen LogP contribution is 2.19. The summed E-state index contributed by atoms with van der Waals surface area (Å²) < 4.78 is 0.821. The number of aliphatic hydroxyl groups excluding tert-OH is 1. The second kappa shape index (κ2) is 6.58. The molecule has 0 aromatic carbocycles. The number of nitrogens with one attached hydrogen (secondary N) is 2. The lowest BCUT2D eigenvalue weighted by atomic mass is 10.4. The average molecular weight is 275 g/mol. The zero-order valence-electron chi connectivity index (χ0n) is 8.63. The van der Waals surface area contributed by atoms with Crippen LogP contribution in [0.3, 0.4) is 0 Å². The Hall–Kier alpha value is -0.880. The van der Waals surface area contributed by atoms with Crippen molar-refractivity contribution in [1.82, 2.24) is 9.97 Å². The van der Waals surface area contributed by atoms with Crippen LogP contribution in [0.25, 0.3) is 0 Å². The van der Waals surface area contributed by atoms with Gasteiger partial charge in [-0.2, -0.15) is 4.98 Å². The summed E-state index contributed by atoms with van der Waals surface area (Å²) in [7, 11) is 0. The summed E-state index contributed by atoms with van der Waals surface area (Å²) in [5, 5.41) is 14.8. The molecule has 0 spiro atoms. The summed E-state index contributed by atoms with van der Waals surface area (Å²) in [5.41, 5.74) is 0. The molecule has 0 radical (unpaired) electrons. The van der Waals surface area contributed by atoms with Gasteiger partial charge in [-0.1, -0.05) is 0 Å². The van der Waals surface area contributed by atoms with Crippen LogP contribution in [0, 0.1) is 0 Å². The molecule has 1 aromatic rings. The van der Waals surface area contributed by atoms with E-state index in [4.69, 9.17) is 5.11 Å². The van der Waals surface area contributed by atoms with Crippen molar-refractivity contribution in [2.24, 2.45) is 0 Å². The van der Waals surface area contributed by atoms with E-state index in [1.54, 1.807) is 6.20 Å². The first kappa shape index (κ1) is 12.2. The molecule has 0 saturated heterocycles. The van der Waals surface area contributed by atoms with Gasteiger partial charge in [-0.05, 0) is 29.3 Å². The lowest BCUT2D eigenvalue weighted by Gasteiger charge is -2.08. The van der Waals surface area contributed by atoms with E-state index in [-0.39, 0.29) is 6.61 Å². The van der Waals surface area contributed by atoms with Crippen LogP contribution < -0.4 is 10.6 Å². The third-order valence-corrected chi connectivity index (χ3v) is 2.29. The van der Waals surface area contributed by atoms with E-state index in [9.17, 15) is 0 Å². The minimum absolute atomic E-state index is 0.176. The zero-order valence-corrected chi connectivity index (χ0v) is 10.2. The van der Waals surface area contributed by atoms with E-state index in [1.165, 1.54) is 0 Å². The summed E-state index contributed by atoms with van der Waals surface area (Å²) in [6.07, 6.45) is 2.40. The third kappa shape index (κ3) is 4.01. The van der Waals surface area contributed by atoms with Crippen molar-refractivity contribution in [2.45, 2.75) is 13.3 Å². The molecular formula is C9H15BrN4O. The van der Waals surface area contributed by atoms with Gasteiger partial charge >= 0.3 is 0 Å². The summed E-state index contributed by atoms with van der Waals surface area (Å²) in [4.78, 5) is 8.37. The van der Waals surface area contributed by atoms with E-state index in [0.717, 1.165) is 16.8 Å². The van der Waals surface area contributed by atoms with E-state index in [1.807, 2.05) is 6.92 Å². The number of halogens is 1. The van der Waals surface area contributed by atoms with Gasteiger partial charge in [-0.15, -0.1) is 0 Å². The quantitative estimate of drug-likeness (QED) is 0.686. The maximum Gasteiger partial charge on any atom is 0.224 e. The molecule has 15 heavy (non-hydrogen) atoms. The highest BCUT2D eigenvalue weighted by atomic mass is 79.9. The van der Waals surface area contributed by atoms with Gasteiger partial charge in [0, 0.05) is 25.9 Å². The second-order valence-electron chi connectivity index (χ2n) is 2.92. The Balaban J connectivity index is 2.63. The Kier molecular flexibility index (Phi) is 5.34. The third-order valence-electron chi connectivity index (χ3n) is 1.71. The van der Waals surface area contributed by atoms with E-state index < -0.39 is 0 Å². The van der Waals surface area contributed by atoms with E-state index >= 15 is 0 Å². The van der Waals surface area contributed by atoms with Crippen LogP contribution in [0.1, 0.15) is 13.3 Å². The molecule has 0 atom stereocenters. The fourth-order valence-corrected chi connectivity index (χ4v) is 1.35. The Morgan fingerprint density at radius 3 is 2.93 bits per heavy atom. The second-order valence-corrected chi connectivity index (χ2v) is 3.78. The van der Waals surface area contributed by atoms with Gasteiger partial charge in [-0.25, -0.2) is 4.98 Å². The number of hydrogen-bond acceptors (Lipinski definition) is 5. The van der Waals surface area contributed by atoms with Gasteiger partial charge in [0.05, 0.1) is 4.47 Å². The normalized spacial score (nSPS) is 10.1. The van der Waals surface area contributed by atoms with E-state index in [2.05, 4.69) is 36.5 Å². The lowest BCUT2D eigenvalue weighted by molar-refractivity contribution is 0.292. The summed E-state index contributed by atoms with van der Waals surface area (Å²) in [5.74, 6) is 1.35. The molecule has 84 valence electrons. The monoisotopic (exact) mass is 274 g/mol.